The van der Waals surface area contributed by atoms with E-state index in [1.807, 2.05) is 36.4 Å². The maximum absolute atomic E-state index is 12.0. The maximum Gasteiger partial charge on any atom is 0.221 e. The van der Waals surface area contributed by atoms with Crippen LogP contribution in [0.3, 0.4) is 0 Å². The van der Waals surface area contributed by atoms with Gasteiger partial charge >= 0.3 is 0 Å². The molecule has 0 N–H and O–H groups in total. The number of ketones is 1. The van der Waals surface area contributed by atoms with Crippen LogP contribution in [-0.2, 0) is 0 Å². The van der Waals surface area contributed by atoms with Crippen LogP contribution in [0.5, 0.6) is 0 Å². The summed E-state index contributed by atoms with van der Waals surface area (Å²) in [5.41, 5.74) is 0.734. The Balaban J connectivity index is 1.85. The number of thiophene rings is 1. The van der Waals surface area contributed by atoms with Crippen LogP contribution in [0.2, 0.25) is 0 Å². The second-order valence-corrected chi connectivity index (χ2v) is 6.48. The average Bonchev–Trinajstić information content (AvgIpc) is 3.01. The lowest BCUT2D eigenvalue weighted by atomic mass is 10.2. The molecule has 19 heavy (non-hydrogen) atoms. The molecule has 0 amide bonds. The fourth-order valence-corrected chi connectivity index (χ4v) is 3.09. The summed E-state index contributed by atoms with van der Waals surface area (Å²) in [6.07, 6.45) is 3.33. The van der Waals surface area contributed by atoms with Gasteiger partial charge in [0.1, 0.15) is 5.58 Å². The third-order valence-electron chi connectivity index (χ3n) is 2.66. The first-order valence-corrected chi connectivity index (χ1v) is 7.30. The molecule has 0 atom stereocenters. The second-order valence-electron chi connectivity index (χ2n) is 3.99. The van der Waals surface area contributed by atoms with Crippen LogP contribution in [0.15, 0.2) is 56.7 Å². The van der Waals surface area contributed by atoms with Crippen LogP contribution in [0.1, 0.15) is 15.4 Å². The van der Waals surface area contributed by atoms with Crippen molar-refractivity contribution in [2.24, 2.45) is 0 Å². The summed E-state index contributed by atoms with van der Waals surface area (Å²) in [5, 5.41) is 0.943. The largest absolute Gasteiger partial charge is 0.453 e. The predicted molar refractivity (Wildman–Crippen MR) is 81.6 cm³/mol. The van der Waals surface area contributed by atoms with E-state index in [-0.39, 0.29) is 5.78 Å². The highest BCUT2D eigenvalue weighted by molar-refractivity contribution is 9.11. The van der Waals surface area contributed by atoms with Gasteiger partial charge in [-0.1, -0.05) is 18.2 Å². The van der Waals surface area contributed by atoms with E-state index >= 15 is 0 Å². The molecule has 2 heterocycles. The van der Waals surface area contributed by atoms with Gasteiger partial charge in [-0.3, -0.25) is 4.79 Å². The summed E-state index contributed by atoms with van der Waals surface area (Å²) in [4.78, 5) is 13.0. The van der Waals surface area contributed by atoms with Crippen molar-refractivity contribution in [3.8, 4) is 0 Å². The number of carbonyl (C=O) groups excluding carboxylic acids is 1. The topological polar surface area (TPSA) is 30.2 Å². The molecule has 2 nitrogen and oxygen atoms in total. The Morgan fingerprint density at radius 3 is 2.79 bits per heavy atom. The third kappa shape index (κ3) is 2.69. The van der Waals surface area contributed by atoms with Gasteiger partial charge in [0.2, 0.25) is 5.78 Å². The Morgan fingerprint density at radius 2 is 2.05 bits per heavy atom. The van der Waals surface area contributed by atoms with Crippen LogP contribution < -0.4 is 0 Å². The Bertz CT molecular complexity index is 734. The summed E-state index contributed by atoms with van der Waals surface area (Å²) in [5.74, 6) is 0.244. The molecule has 1 aromatic carbocycles. The highest BCUT2D eigenvalue weighted by atomic mass is 79.9. The number of hydrogen-bond acceptors (Lipinski definition) is 3. The molecular weight excluding hydrogens is 324 g/mol. The van der Waals surface area contributed by atoms with Gasteiger partial charge in [-0.25, -0.2) is 0 Å². The lowest BCUT2D eigenvalue weighted by Crippen LogP contribution is -1.89. The summed E-state index contributed by atoms with van der Waals surface area (Å²) in [6, 6.07) is 13.3. The molecule has 0 radical (unpaired) electrons. The van der Waals surface area contributed by atoms with Gasteiger partial charge in [0.25, 0.3) is 0 Å². The molecule has 0 saturated heterocycles. The normalized spacial score (nSPS) is 11.4. The SMILES string of the molecule is O=C(C=Cc1ccc(Br)s1)c1cc2ccccc2o1. The monoisotopic (exact) mass is 332 g/mol. The summed E-state index contributed by atoms with van der Waals surface area (Å²) >= 11 is 4.97. The molecule has 4 heteroatoms. The minimum absolute atomic E-state index is 0.124. The van der Waals surface area contributed by atoms with Crippen molar-refractivity contribution in [1.29, 1.82) is 0 Å². The molecule has 0 aliphatic carbocycles. The van der Waals surface area contributed by atoms with Gasteiger partial charge in [0, 0.05) is 10.3 Å². The molecule has 0 unspecified atom stereocenters. The zero-order chi connectivity index (χ0) is 13.2. The molecule has 0 saturated carbocycles. The summed E-state index contributed by atoms with van der Waals surface area (Å²) < 4.78 is 6.56. The Labute approximate surface area is 122 Å². The van der Waals surface area contributed by atoms with E-state index in [0.29, 0.717) is 5.76 Å². The highest BCUT2D eigenvalue weighted by Crippen LogP contribution is 2.24. The van der Waals surface area contributed by atoms with E-state index in [1.54, 1.807) is 23.5 Å². The average molecular weight is 333 g/mol. The molecule has 0 spiro atoms. The standard InChI is InChI=1S/C15H9BrO2S/c16-15-8-6-11(19-15)5-7-12(17)14-9-10-3-1-2-4-13(10)18-14/h1-9H. The number of fused-ring (bicyclic) bond motifs is 1. The Hall–Kier alpha value is -1.65. The van der Waals surface area contributed by atoms with E-state index in [9.17, 15) is 4.79 Å². The van der Waals surface area contributed by atoms with Crippen molar-refractivity contribution in [3.63, 3.8) is 0 Å². The molecule has 3 aromatic rings. The van der Waals surface area contributed by atoms with Gasteiger partial charge in [0.15, 0.2) is 5.76 Å². The minimum atomic E-state index is -0.124. The van der Waals surface area contributed by atoms with Crippen molar-refractivity contribution in [2.45, 2.75) is 0 Å². The highest BCUT2D eigenvalue weighted by Gasteiger charge is 2.08. The van der Waals surface area contributed by atoms with E-state index < -0.39 is 0 Å². The van der Waals surface area contributed by atoms with Crippen molar-refractivity contribution in [1.82, 2.24) is 0 Å². The third-order valence-corrected chi connectivity index (χ3v) is 4.25. The predicted octanol–water partition coefficient (Wildman–Crippen LogP) is 5.15. The van der Waals surface area contributed by atoms with Gasteiger partial charge in [-0.2, -0.15) is 0 Å². The zero-order valence-electron chi connectivity index (χ0n) is 9.80. The maximum atomic E-state index is 12.0. The molecule has 0 bridgehead atoms. The Kier molecular flexibility index (Phi) is 3.36. The Morgan fingerprint density at radius 1 is 1.21 bits per heavy atom. The molecule has 2 aromatic heterocycles. The number of carbonyl (C=O) groups is 1. The van der Waals surface area contributed by atoms with Crippen molar-refractivity contribution in [3.05, 3.63) is 63.0 Å². The van der Waals surface area contributed by atoms with Crippen LogP contribution in [0, 0.1) is 0 Å². The van der Waals surface area contributed by atoms with E-state index in [1.165, 1.54) is 6.08 Å². The zero-order valence-corrected chi connectivity index (χ0v) is 12.2. The number of halogens is 1. The first kappa shape index (κ1) is 12.4. The quantitative estimate of drug-likeness (QED) is 0.490. The van der Waals surface area contributed by atoms with E-state index in [2.05, 4.69) is 15.9 Å². The lowest BCUT2D eigenvalue weighted by molar-refractivity contribution is 0.102. The van der Waals surface area contributed by atoms with Crippen LogP contribution in [-0.4, -0.2) is 5.78 Å². The molecule has 0 aliphatic heterocycles. The van der Waals surface area contributed by atoms with Crippen molar-refractivity contribution >= 4 is 50.1 Å². The van der Waals surface area contributed by atoms with Gasteiger partial charge < -0.3 is 4.42 Å². The smallest absolute Gasteiger partial charge is 0.221 e. The molecule has 3 rings (SSSR count). The molecule has 0 aliphatic rings. The fraction of sp³-hybridized carbons (Fsp3) is 0. The van der Waals surface area contributed by atoms with Gasteiger partial charge in [0.05, 0.1) is 3.79 Å². The molecular formula is C15H9BrO2S. The van der Waals surface area contributed by atoms with Crippen LogP contribution in [0.25, 0.3) is 17.0 Å². The van der Waals surface area contributed by atoms with Crippen molar-refractivity contribution < 1.29 is 9.21 Å². The number of rotatable bonds is 3. The molecule has 0 fully saturated rings. The first-order chi connectivity index (χ1) is 9.22. The lowest BCUT2D eigenvalue weighted by Gasteiger charge is -1.87. The molecule has 94 valence electrons. The number of allylic oxidation sites excluding steroid dienone is 1. The summed E-state index contributed by atoms with van der Waals surface area (Å²) in [6.45, 7) is 0. The summed E-state index contributed by atoms with van der Waals surface area (Å²) in [7, 11) is 0. The fourth-order valence-electron chi connectivity index (χ4n) is 1.76. The van der Waals surface area contributed by atoms with Gasteiger partial charge in [-0.05, 0) is 52.3 Å². The second kappa shape index (κ2) is 5.15. The van der Waals surface area contributed by atoms with E-state index in [0.717, 1.165) is 19.6 Å². The van der Waals surface area contributed by atoms with E-state index in [4.69, 9.17) is 4.42 Å². The first-order valence-electron chi connectivity index (χ1n) is 5.69. The number of para-hydroxylation sites is 1. The number of hydrogen-bond donors (Lipinski definition) is 0. The van der Waals surface area contributed by atoms with Crippen LogP contribution in [0.4, 0.5) is 0 Å². The minimum Gasteiger partial charge on any atom is -0.453 e. The van der Waals surface area contributed by atoms with Crippen molar-refractivity contribution in [2.75, 3.05) is 0 Å². The number of benzene rings is 1. The van der Waals surface area contributed by atoms with Crippen LogP contribution >= 0.6 is 27.3 Å². The number of furan rings is 1. The van der Waals surface area contributed by atoms with Gasteiger partial charge in [-0.15, -0.1) is 11.3 Å².